The number of benzene rings is 2. The fourth-order valence-electron chi connectivity index (χ4n) is 3.88. The molecule has 7 nitrogen and oxygen atoms in total. The van der Waals surface area contributed by atoms with E-state index < -0.39 is 0 Å². The number of piperazine rings is 1. The fourth-order valence-corrected chi connectivity index (χ4v) is 4.15. The van der Waals surface area contributed by atoms with E-state index in [9.17, 15) is 9.59 Å². The maximum Gasteiger partial charge on any atom is 0.246 e. The number of hydrogen-bond donors (Lipinski definition) is 1. The van der Waals surface area contributed by atoms with Crippen LogP contribution in [0.5, 0.6) is 11.5 Å². The molecule has 1 saturated heterocycles. The Balaban J connectivity index is 1.27. The molecule has 8 heteroatoms. The summed E-state index contributed by atoms with van der Waals surface area (Å²) in [4.78, 5) is 28.9. The van der Waals surface area contributed by atoms with Gasteiger partial charge in [-0.2, -0.15) is 0 Å². The van der Waals surface area contributed by atoms with E-state index in [-0.39, 0.29) is 18.6 Å². The van der Waals surface area contributed by atoms with Crippen LogP contribution in [-0.2, 0) is 9.59 Å². The molecule has 2 aromatic rings. The van der Waals surface area contributed by atoms with Gasteiger partial charge in [0.25, 0.3) is 0 Å². The fraction of sp³-hybridized carbons (Fsp3) is 0.333. The standard InChI is InChI=1S/C24H26ClN3O4/c1-16-4-3-5-17(2)23(16)26-21(29)14-27-8-10-28(11-9-27)22(30)7-6-18-12-19(25)24-20(13-18)31-15-32-24/h3-7,12-13H,8-11,14-15H2,1-2H3,(H,26,29)/b7-6+. The SMILES string of the molecule is Cc1cccc(C)c1NC(=O)CN1CCN(C(=O)/C=C/c2cc(Cl)c3c(c2)OCO3)CC1. The zero-order chi connectivity index (χ0) is 22.7. The molecule has 2 heterocycles. The van der Waals surface area contributed by atoms with Crippen molar-refractivity contribution in [1.82, 2.24) is 9.80 Å². The Morgan fingerprint density at radius 2 is 1.81 bits per heavy atom. The van der Waals surface area contributed by atoms with Crippen LogP contribution >= 0.6 is 11.6 Å². The highest BCUT2D eigenvalue weighted by Crippen LogP contribution is 2.40. The molecule has 32 heavy (non-hydrogen) atoms. The highest BCUT2D eigenvalue weighted by atomic mass is 35.5. The smallest absolute Gasteiger partial charge is 0.246 e. The number of aryl methyl sites for hydroxylation is 2. The lowest BCUT2D eigenvalue weighted by Gasteiger charge is -2.33. The second kappa shape index (κ2) is 9.63. The van der Waals surface area contributed by atoms with Gasteiger partial charge in [-0.05, 0) is 48.7 Å². The lowest BCUT2D eigenvalue weighted by Crippen LogP contribution is -2.50. The van der Waals surface area contributed by atoms with Gasteiger partial charge >= 0.3 is 0 Å². The molecular formula is C24H26ClN3O4. The second-order valence-corrected chi connectivity index (χ2v) is 8.39. The molecule has 2 aliphatic heterocycles. The number of para-hydroxylation sites is 1. The zero-order valence-corrected chi connectivity index (χ0v) is 18.9. The van der Waals surface area contributed by atoms with E-state index in [1.54, 1.807) is 23.1 Å². The summed E-state index contributed by atoms with van der Waals surface area (Å²) in [6, 6.07) is 9.48. The van der Waals surface area contributed by atoms with Crippen LogP contribution in [-0.4, -0.2) is 61.1 Å². The molecule has 0 spiro atoms. The summed E-state index contributed by atoms with van der Waals surface area (Å²) in [6.07, 6.45) is 3.26. The van der Waals surface area contributed by atoms with Gasteiger partial charge < -0.3 is 19.7 Å². The monoisotopic (exact) mass is 455 g/mol. The van der Waals surface area contributed by atoms with Crippen LogP contribution in [0.1, 0.15) is 16.7 Å². The first kappa shape index (κ1) is 22.2. The van der Waals surface area contributed by atoms with Crippen molar-refractivity contribution in [2.75, 3.05) is 44.8 Å². The summed E-state index contributed by atoms with van der Waals surface area (Å²) in [6.45, 7) is 6.86. The van der Waals surface area contributed by atoms with Gasteiger partial charge in [-0.1, -0.05) is 29.8 Å². The number of nitrogens with zero attached hydrogens (tertiary/aromatic N) is 2. The number of hydrogen-bond acceptors (Lipinski definition) is 5. The van der Waals surface area contributed by atoms with E-state index in [1.807, 2.05) is 32.0 Å². The van der Waals surface area contributed by atoms with Crippen molar-refractivity contribution in [2.45, 2.75) is 13.8 Å². The summed E-state index contributed by atoms with van der Waals surface area (Å²) in [7, 11) is 0. The second-order valence-electron chi connectivity index (χ2n) is 7.99. The van der Waals surface area contributed by atoms with Gasteiger partial charge in [0.15, 0.2) is 11.5 Å². The van der Waals surface area contributed by atoms with Crippen LogP contribution in [0.25, 0.3) is 6.08 Å². The summed E-state index contributed by atoms with van der Waals surface area (Å²) in [5, 5.41) is 3.48. The molecule has 4 rings (SSSR count). The maximum absolute atomic E-state index is 12.6. The molecule has 168 valence electrons. The zero-order valence-electron chi connectivity index (χ0n) is 18.2. The third kappa shape index (κ3) is 5.06. The van der Waals surface area contributed by atoms with E-state index in [1.165, 1.54) is 6.08 Å². The first-order valence-electron chi connectivity index (χ1n) is 10.6. The van der Waals surface area contributed by atoms with Crippen LogP contribution in [0, 0.1) is 13.8 Å². The largest absolute Gasteiger partial charge is 0.454 e. The van der Waals surface area contributed by atoms with Gasteiger partial charge in [-0.25, -0.2) is 0 Å². The van der Waals surface area contributed by atoms with E-state index in [0.29, 0.717) is 49.2 Å². The molecule has 2 aromatic carbocycles. The van der Waals surface area contributed by atoms with E-state index in [0.717, 1.165) is 22.4 Å². The Kier molecular flexibility index (Phi) is 6.67. The average molecular weight is 456 g/mol. The normalized spacial score (nSPS) is 15.9. The predicted molar refractivity (Wildman–Crippen MR) is 124 cm³/mol. The molecule has 0 bridgehead atoms. The van der Waals surface area contributed by atoms with Crippen LogP contribution in [0.2, 0.25) is 5.02 Å². The Morgan fingerprint density at radius 1 is 1.09 bits per heavy atom. The molecule has 0 saturated carbocycles. The van der Waals surface area contributed by atoms with Crippen molar-refractivity contribution in [1.29, 1.82) is 0 Å². The first-order chi connectivity index (χ1) is 15.4. The quantitative estimate of drug-likeness (QED) is 0.699. The minimum atomic E-state index is -0.0709. The molecule has 1 N–H and O–H groups in total. The summed E-state index contributed by atoms with van der Waals surface area (Å²) < 4.78 is 10.7. The summed E-state index contributed by atoms with van der Waals surface area (Å²) >= 11 is 6.19. The molecule has 0 unspecified atom stereocenters. The Labute approximate surface area is 192 Å². The highest BCUT2D eigenvalue weighted by molar-refractivity contribution is 6.32. The summed E-state index contributed by atoms with van der Waals surface area (Å²) in [5.41, 5.74) is 3.74. The van der Waals surface area contributed by atoms with Gasteiger partial charge in [0.1, 0.15) is 0 Å². The Morgan fingerprint density at radius 3 is 2.53 bits per heavy atom. The molecule has 1 fully saturated rings. The minimum Gasteiger partial charge on any atom is -0.454 e. The average Bonchev–Trinajstić information content (AvgIpc) is 3.25. The van der Waals surface area contributed by atoms with Crippen LogP contribution in [0.3, 0.4) is 0 Å². The Hall–Kier alpha value is -3.03. The minimum absolute atomic E-state index is 0.0400. The van der Waals surface area contributed by atoms with Gasteiger partial charge in [0.05, 0.1) is 11.6 Å². The van der Waals surface area contributed by atoms with Crippen molar-refractivity contribution in [3.8, 4) is 11.5 Å². The number of nitrogens with one attached hydrogen (secondary N) is 1. The molecular weight excluding hydrogens is 430 g/mol. The number of anilines is 1. The molecule has 0 atom stereocenters. The van der Waals surface area contributed by atoms with Crippen LogP contribution < -0.4 is 14.8 Å². The van der Waals surface area contributed by atoms with Crippen molar-refractivity contribution in [2.24, 2.45) is 0 Å². The maximum atomic E-state index is 12.6. The molecule has 0 aliphatic carbocycles. The van der Waals surface area contributed by atoms with Crippen molar-refractivity contribution in [3.63, 3.8) is 0 Å². The number of ether oxygens (including phenoxy) is 2. The number of rotatable bonds is 5. The number of halogens is 1. The molecule has 2 aliphatic rings. The molecule has 2 amide bonds. The Bertz CT molecular complexity index is 1040. The van der Waals surface area contributed by atoms with E-state index in [2.05, 4.69) is 10.2 Å². The number of fused-ring (bicyclic) bond motifs is 1. The highest BCUT2D eigenvalue weighted by Gasteiger charge is 2.22. The van der Waals surface area contributed by atoms with Gasteiger partial charge in [-0.15, -0.1) is 0 Å². The topological polar surface area (TPSA) is 71.1 Å². The number of amides is 2. The van der Waals surface area contributed by atoms with E-state index >= 15 is 0 Å². The molecule has 0 aromatic heterocycles. The van der Waals surface area contributed by atoms with Gasteiger partial charge in [0, 0.05) is 37.9 Å². The van der Waals surface area contributed by atoms with Crippen molar-refractivity contribution >= 4 is 35.2 Å². The number of carbonyl (C=O) groups excluding carboxylic acids is 2. The van der Waals surface area contributed by atoms with Gasteiger partial charge in [-0.3, -0.25) is 14.5 Å². The van der Waals surface area contributed by atoms with Crippen LogP contribution in [0.4, 0.5) is 5.69 Å². The summed E-state index contributed by atoms with van der Waals surface area (Å²) in [5.74, 6) is 1.01. The first-order valence-corrected chi connectivity index (χ1v) is 10.9. The van der Waals surface area contributed by atoms with Crippen molar-refractivity contribution < 1.29 is 19.1 Å². The predicted octanol–water partition coefficient (Wildman–Crippen LogP) is 3.48. The molecule has 0 radical (unpaired) electrons. The third-order valence-electron chi connectivity index (χ3n) is 5.66. The van der Waals surface area contributed by atoms with Crippen LogP contribution in [0.15, 0.2) is 36.4 Å². The van der Waals surface area contributed by atoms with Crippen molar-refractivity contribution in [3.05, 3.63) is 58.1 Å². The lowest BCUT2D eigenvalue weighted by atomic mass is 10.1. The van der Waals surface area contributed by atoms with Gasteiger partial charge in [0.2, 0.25) is 18.6 Å². The third-order valence-corrected chi connectivity index (χ3v) is 5.95. The lowest BCUT2D eigenvalue weighted by molar-refractivity contribution is -0.127. The number of carbonyl (C=O) groups is 2. The van der Waals surface area contributed by atoms with E-state index in [4.69, 9.17) is 21.1 Å².